The lowest BCUT2D eigenvalue weighted by atomic mass is 10.3. The van der Waals surface area contributed by atoms with E-state index in [-0.39, 0.29) is 37.6 Å². The Kier molecular flexibility index (Phi) is 9.16. The summed E-state index contributed by atoms with van der Waals surface area (Å²) in [5, 5.41) is 5.41. The number of nitrogens with one attached hydrogen (secondary N) is 2. The summed E-state index contributed by atoms with van der Waals surface area (Å²) in [6, 6.07) is 6.60. The van der Waals surface area contributed by atoms with E-state index in [0.29, 0.717) is 23.3 Å². The van der Waals surface area contributed by atoms with Gasteiger partial charge in [0.2, 0.25) is 0 Å². The highest BCUT2D eigenvalue weighted by molar-refractivity contribution is 5.89. The van der Waals surface area contributed by atoms with Gasteiger partial charge in [-0.2, -0.15) is 0 Å². The van der Waals surface area contributed by atoms with Crippen LogP contribution in [0.3, 0.4) is 0 Å². The fourth-order valence-electron chi connectivity index (χ4n) is 1.37. The van der Waals surface area contributed by atoms with Gasteiger partial charge in [0.15, 0.2) is 0 Å². The maximum absolute atomic E-state index is 12.3. The zero-order chi connectivity index (χ0) is 15.0. The summed E-state index contributed by atoms with van der Waals surface area (Å²) < 4.78 is 17.7. The predicted molar refractivity (Wildman–Crippen MR) is 84.7 cm³/mol. The van der Waals surface area contributed by atoms with Crippen molar-refractivity contribution in [1.82, 2.24) is 5.32 Å². The van der Waals surface area contributed by atoms with E-state index in [9.17, 15) is 9.18 Å². The van der Waals surface area contributed by atoms with Crippen LogP contribution in [-0.4, -0.2) is 25.2 Å². The maximum atomic E-state index is 12.3. The molecule has 7 heteroatoms. The van der Waals surface area contributed by atoms with Gasteiger partial charge in [0.05, 0.1) is 6.33 Å². The van der Waals surface area contributed by atoms with E-state index in [0.717, 1.165) is 0 Å². The number of hydrogen-bond donors (Lipinski definition) is 3. The molecule has 0 atom stereocenters. The Labute approximate surface area is 130 Å². The zero-order valence-corrected chi connectivity index (χ0v) is 12.9. The van der Waals surface area contributed by atoms with E-state index >= 15 is 0 Å². The molecule has 0 saturated carbocycles. The van der Waals surface area contributed by atoms with E-state index in [4.69, 9.17) is 10.5 Å². The molecule has 0 fully saturated rings. The van der Waals surface area contributed by atoms with Gasteiger partial charge in [-0.15, -0.1) is 12.4 Å². The molecule has 0 aliphatic rings. The summed E-state index contributed by atoms with van der Waals surface area (Å²) in [4.78, 5) is 11.5. The SMILES string of the molecule is CC(C)NC(=O)Nc1ccc(OC/C(=C/F)CN)cc1.Cl. The van der Waals surface area contributed by atoms with Crippen molar-refractivity contribution in [2.45, 2.75) is 19.9 Å². The third-order valence-electron chi connectivity index (χ3n) is 2.37. The number of ether oxygens (including phenoxy) is 1. The van der Waals surface area contributed by atoms with Crippen molar-refractivity contribution in [1.29, 1.82) is 0 Å². The van der Waals surface area contributed by atoms with Crippen LogP contribution in [0.2, 0.25) is 0 Å². The van der Waals surface area contributed by atoms with Crippen molar-refractivity contribution in [3.63, 3.8) is 0 Å². The van der Waals surface area contributed by atoms with Crippen molar-refractivity contribution >= 4 is 24.1 Å². The normalized spacial score (nSPS) is 10.8. The van der Waals surface area contributed by atoms with Gasteiger partial charge in [-0.3, -0.25) is 0 Å². The molecule has 0 heterocycles. The predicted octanol–water partition coefficient (Wildman–Crippen LogP) is 2.83. The van der Waals surface area contributed by atoms with Gasteiger partial charge in [-0.05, 0) is 38.1 Å². The minimum atomic E-state index is -0.264. The van der Waals surface area contributed by atoms with Crippen LogP contribution in [0.1, 0.15) is 13.8 Å². The molecule has 2 amide bonds. The lowest BCUT2D eigenvalue weighted by Gasteiger charge is -2.11. The van der Waals surface area contributed by atoms with Crippen molar-refractivity contribution < 1.29 is 13.9 Å². The van der Waals surface area contributed by atoms with Gasteiger partial charge in [-0.1, -0.05) is 0 Å². The van der Waals surface area contributed by atoms with Crippen molar-refractivity contribution in [3.8, 4) is 5.75 Å². The number of halogens is 2. The third-order valence-corrected chi connectivity index (χ3v) is 2.37. The number of nitrogens with two attached hydrogens (primary N) is 1. The molecule has 1 aromatic rings. The smallest absolute Gasteiger partial charge is 0.319 e. The van der Waals surface area contributed by atoms with Gasteiger partial charge in [0.1, 0.15) is 12.4 Å². The molecule has 0 aliphatic heterocycles. The molecule has 0 bridgehead atoms. The molecule has 21 heavy (non-hydrogen) atoms. The highest BCUT2D eigenvalue weighted by Crippen LogP contribution is 2.16. The van der Waals surface area contributed by atoms with Crippen LogP contribution in [-0.2, 0) is 0 Å². The number of benzene rings is 1. The van der Waals surface area contributed by atoms with Crippen LogP contribution in [0, 0.1) is 0 Å². The molecule has 5 nitrogen and oxygen atoms in total. The van der Waals surface area contributed by atoms with Gasteiger partial charge in [0.25, 0.3) is 0 Å². The Balaban J connectivity index is 0.00000400. The number of carbonyl (C=O) groups excluding carboxylic acids is 1. The largest absolute Gasteiger partial charge is 0.489 e. The molecule has 0 aromatic heterocycles. The summed E-state index contributed by atoms with van der Waals surface area (Å²) in [6.07, 6.45) is 0.451. The molecule has 0 saturated heterocycles. The number of anilines is 1. The molecule has 0 aliphatic carbocycles. The van der Waals surface area contributed by atoms with E-state index in [1.54, 1.807) is 24.3 Å². The Hall–Kier alpha value is -1.79. The second kappa shape index (κ2) is 10.0. The summed E-state index contributed by atoms with van der Waals surface area (Å²) in [6.45, 7) is 3.98. The van der Waals surface area contributed by atoms with Gasteiger partial charge in [0, 0.05) is 23.8 Å². The fraction of sp³-hybridized carbons (Fsp3) is 0.357. The van der Waals surface area contributed by atoms with Gasteiger partial charge in [-0.25, -0.2) is 9.18 Å². The van der Waals surface area contributed by atoms with Crippen LogP contribution in [0.5, 0.6) is 5.75 Å². The third kappa shape index (κ3) is 7.53. The molecular formula is C14H21ClFN3O2. The van der Waals surface area contributed by atoms with Gasteiger partial charge >= 0.3 is 6.03 Å². The number of rotatable bonds is 6. The van der Waals surface area contributed by atoms with Crippen LogP contribution >= 0.6 is 12.4 Å². The van der Waals surface area contributed by atoms with Crippen LogP contribution < -0.4 is 21.1 Å². The second-order valence-corrected chi connectivity index (χ2v) is 4.54. The molecule has 0 radical (unpaired) electrons. The number of amides is 2. The molecule has 1 rings (SSSR count). The Morgan fingerprint density at radius 3 is 2.48 bits per heavy atom. The quantitative estimate of drug-likeness (QED) is 0.755. The highest BCUT2D eigenvalue weighted by Gasteiger charge is 2.03. The van der Waals surface area contributed by atoms with E-state index < -0.39 is 0 Å². The van der Waals surface area contributed by atoms with Crippen LogP contribution in [0.25, 0.3) is 0 Å². The summed E-state index contributed by atoms with van der Waals surface area (Å²) in [7, 11) is 0. The topological polar surface area (TPSA) is 76.4 Å². The average Bonchev–Trinajstić information content (AvgIpc) is 2.40. The Morgan fingerprint density at radius 2 is 2.00 bits per heavy atom. The van der Waals surface area contributed by atoms with Crippen LogP contribution in [0.15, 0.2) is 36.2 Å². The molecule has 1 aromatic carbocycles. The molecular weight excluding hydrogens is 297 g/mol. The van der Waals surface area contributed by atoms with E-state index in [2.05, 4.69) is 10.6 Å². The lowest BCUT2D eigenvalue weighted by Crippen LogP contribution is -2.34. The number of hydrogen-bond acceptors (Lipinski definition) is 3. The monoisotopic (exact) mass is 317 g/mol. The fourth-order valence-corrected chi connectivity index (χ4v) is 1.37. The highest BCUT2D eigenvalue weighted by atomic mass is 35.5. The summed E-state index contributed by atoms with van der Waals surface area (Å²) in [5.41, 5.74) is 6.35. The minimum Gasteiger partial charge on any atom is -0.489 e. The van der Waals surface area contributed by atoms with Gasteiger partial charge < -0.3 is 21.1 Å². The first-order valence-corrected chi connectivity index (χ1v) is 6.33. The van der Waals surface area contributed by atoms with E-state index in [1.807, 2.05) is 13.8 Å². The van der Waals surface area contributed by atoms with Crippen molar-refractivity contribution in [2.24, 2.45) is 5.73 Å². The number of urea groups is 1. The standard InChI is InChI=1S/C14H20FN3O2.ClH/c1-10(2)17-14(19)18-12-3-5-13(6-4-12)20-9-11(7-15)8-16;/h3-7,10H,8-9,16H2,1-2H3,(H2,17,18,19);1H/b11-7+;. The first kappa shape index (κ1) is 19.2. The molecule has 0 unspecified atom stereocenters. The molecule has 0 spiro atoms. The second-order valence-electron chi connectivity index (χ2n) is 4.54. The summed E-state index contributed by atoms with van der Waals surface area (Å²) >= 11 is 0. The number of carbonyl (C=O) groups is 1. The first-order chi connectivity index (χ1) is 9.55. The zero-order valence-electron chi connectivity index (χ0n) is 12.1. The van der Waals surface area contributed by atoms with Crippen molar-refractivity contribution in [3.05, 3.63) is 36.2 Å². The molecule has 118 valence electrons. The molecule has 4 N–H and O–H groups in total. The minimum absolute atomic E-state index is 0. The average molecular weight is 318 g/mol. The van der Waals surface area contributed by atoms with Crippen molar-refractivity contribution in [2.75, 3.05) is 18.5 Å². The first-order valence-electron chi connectivity index (χ1n) is 6.33. The Morgan fingerprint density at radius 1 is 1.38 bits per heavy atom. The lowest BCUT2D eigenvalue weighted by molar-refractivity contribution is 0.250. The maximum Gasteiger partial charge on any atom is 0.319 e. The summed E-state index contributed by atoms with van der Waals surface area (Å²) in [5.74, 6) is 0.576. The van der Waals surface area contributed by atoms with E-state index in [1.165, 1.54) is 0 Å². The Bertz CT molecular complexity index is 464. The van der Waals surface area contributed by atoms with Crippen LogP contribution in [0.4, 0.5) is 14.9 Å².